The molecular formula is C9H5BrN2O. The molecule has 1 unspecified atom stereocenters. The third-order valence-corrected chi connectivity index (χ3v) is 2.02. The van der Waals surface area contributed by atoms with Gasteiger partial charge in [0.05, 0.1) is 6.07 Å². The fourth-order valence-corrected chi connectivity index (χ4v) is 1.14. The van der Waals surface area contributed by atoms with E-state index in [0.29, 0.717) is 5.56 Å². The summed E-state index contributed by atoms with van der Waals surface area (Å²) in [7, 11) is 0. The predicted molar refractivity (Wildman–Crippen MR) is 50.6 cm³/mol. The number of hydrogen-bond donors (Lipinski definition) is 0. The zero-order valence-corrected chi connectivity index (χ0v) is 8.15. The zero-order valence-electron chi connectivity index (χ0n) is 6.57. The Morgan fingerprint density at radius 3 is 2.46 bits per heavy atom. The fraction of sp³-hybridized carbons (Fsp3) is 0.111. The molecule has 1 aromatic rings. The van der Waals surface area contributed by atoms with E-state index in [2.05, 4.69) is 20.9 Å². The number of hydrogen-bond acceptors (Lipinski definition) is 3. The van der Waals surface area contributed by atoms with E-state index in [9.17, 15) is 4.79 Å². The minimum absolute atomic E-state index is 0.689. The molecule has 3 nitrogen and oxygen atoms in total. The number of nitrogens with zero attached hydrogens (tertiary/aromatic N) is 2. The van der Waals surface area contributed by atoms with Gasteiger partial charge in [0.1, 0.15) is 0 Å². The van der Waals surface area contributed by atoms with Crippen molar-refractivity contribution in [1.29, 1.82) is 5.26 Å². The van der Waals surface area contributed by atoms with Gasteiger partial charge in [0.25, 0.3) is 0 Å². The number of nitriles is 1. The van der Waals surface area contributed by atoms with Crippen molar-refractivity contribution in [3.8, 4) is 6.07 Å². The van der Waals surface area contributed by atoms with Gasteiger partial charge in [-0.3, -0.25) is 0 Å². The second kappa shape index (κ2) is 4.56. The highest BCUT2D eigenvalue weighted by molar-refractivity contribution is 9.10. The van der Waals surface area contributed by atoms with Gasteiger partial charge in [-0.15, -0.1) is 0 Å². The Morgan fingerprint density at radius 1 is 1.38 bits per heavy atom. The lowest BCUT2D eigenvalue weighted by atomic mass is 10.1. The van der Waals surface area contributed by atoms with Crippen LogP contribution in [0.15, 0.2) is 33.7 Å². The van der Waals surface area contributed by atoms with Crippen molar-refractivity contribution in [2.75, 3.05) is 0 Å². The molecule has 0 heterocycles. The van der Waals surface area contributed by atoms with Crippen LogP contribution in [0.4, 0.5) is 0 Å². The fourth-order valence-electron chi connectivity index (χ4n) is 0.876. The first-order chi connectivity index (χ1) is 6.27. The molecule has 0 aliphatic carbocycles. The average molecular weight is 237 g/mol. The first-order valence-electron chi connectivity index (χ1n) is 3.50. The van der Waals surface area contributed by atoms with Crippen molar-refractivity contribution in [2.24, 2.45) is 4.99 Å². The van der Waals surface area contributed by atoms with Crippen molar-refractivity contribution >= 4 is 22.0 Å². The summed E-state index contributed by atoms with van der Waals surface area (Å²) in [4.78, 5) is 13.3. The smallest absolute Gasteiger partial charge is 0.211 e. The molecule has 4 heteroatoms. The third kappa shape index (κ3) is 2.51. The molecule has 0 saturated heterocycles. The highest BCUT2D eigenvalue weighted by atomic mass is 79.9. The SMILES string of the molecule is N#CC(N=C=O)c1ccc(Br)cc1. The van der Waals surface area contributed by atoms with Crippen LogP contribution in [-0.4, -0.2) is 6.08 Å². The summed E-state index contributed by atoms with van der Waals surface area (Å²) < 4.78 is 0.919. The van der Waals surface area contributed by atoms with Gasteiger partial charge in [0.15, 0.2) is 6.04 Å². The number of carbonyl (C=O) groups excluding carboxylic acids is 1. The zero-order chi connectivity index (χ0) is 9.68. The molecule has 64 valence electrons. The summed E-state index contributed by atoms with van der Waals surface area (Å²) in [5.41, 5.74) is 0.689. The molecular weight excluding hydrogens is 232 g/mol. The van der Waals surface area contributed by atoms with Crippen LogP contribution in [0.25, 0.3) is 0 Å². The summed E-state index contributed by atoms with van der Waals surface area (Å²) >= 11 is 3.26. The topological polar surface area (TPSA) is 53.2 Å². The minimum Gasteiger partial charge on any atom is -0.211 e. The Kier molecular flexibility index (Phi) is 3.39. The van der Waals surface area contributed by atoms with E-state index in [-0.39, 0.29) is 0 Å². The largest absolute Gasteiger partial charge is 0.236 e. The normalized spacial score (nSPS) is 11.1. The van der Waals surface area contributed by atoms with E-state index >= 15 is 0 Å². The van der Waals surface area contributed by atoms with Crippen LogP contribution in [0, 0.1) is 11.3 Å². The average Bonchev–Trinajstić information content (AvgIpc) is 2.16. The Balaban J connectivity index is 3.00. The van der Waals surface area contributed by atoms with Crippen LogP contribution in [0.1, 0.15) is 11.6 Å². The minimum atomic E-state index is -0.745. The van der Waals surface area contributed by atoms with Gasteiger partial charge in [0.2, 0.25) is 6.08 Å². The van der Waals surface area contributed by atoms with E-state index < -0.39 is 6.04 Å². The molecule has 13 heavy (non-hydrogen) atoms. The molecule has 0 spiro atoms. The molecule has 0 bridgehead atoms. The first kappa shape index (κ1) is 9.66. The van der Waals surface area contributed by atoms with Crippen molar-refractivity contribution in [1.82, 2.24) is 0 Å². The highest BCUT2D eigenvalue weighted by Crippen LogP contribution is 2.18. The molecule has 0 saturated carbocycles. The molecule has 0 N–H and O–H groups in total. The lowest BCUT2D eigenvalue weighted by molar-refractivity contribution is 0.561. The summed E-state index contributed by atoms with van der Waals surface area (Å²) in [6, 6.07) is 8.20. The van der Waals surface area contributed by atoms with Crippen molar-refractivity contribution in [3.05, 3.63) is 34.3 Å². The van der Waals surface area contributed by atoms with Gasteiger partial charge < -0.3 is 0 Å². The monoisotopic (exact) mass is 236 g/mol. The van der Waals surface area contributed by atoms with E-state index in [1.807, 2.05) is 6.07 Å². The van der Waals surface area contributed by atoms with Crippen LogP contribution in [0.5, 0.6) is 0 Å². The summed E-state index contributed by atoms with van der Waals surface area (Å²) in [5.74, 6) is 0. The van der Waals surface area contributed by atoms with E-state index in [1.54, 1.807) is 24.3 Å². The standard InChI is InChI=1S/C9H5BrN2O/c10-8-3-1-7(2-4-8)9(5-11)12-6-13/h1-4,9H. The molecule has 0 aromatic heterocycles. The van der Waals surface area contributed by atoms with Crippen LogP contribution < -0.4 is 0 Å². The first-order valence-corrected chi connectivity index (χ1v) is 4.29. The van der Waals surface area contributed by atoms with Gasteiger partial charge in [-0.2, -0.15) is 10.3 Å². The summed E-state index contributed by atoms with van der Waals surface area (Å²) in [5, 5.41) is 8.65. The number of benzene rings is 1. The van der Waals surface area contributed by atoms with Crippen LogP contribution in [-0.2, 0) is 4.79 Å². The third-order valence-electron chi connectivity index (χ3n) is 1.49. The number of isocyanates is 1. The quantitative estimate of drug-likeness (QED) is 0.585. The highest BCUT2D eigenvalue weighted by Gasteiger charge is 2.06. The lowest BCUT2D eigenvalue weighted by Gasteiger charge is -2.00. The second-order valence-corrected chi connectivity index (χ2v) is 3.22. The Labute approximate surface area is 83.8 Å². The molecule has 0 amide bonds. The molecule has 0 fully saturated rings. The van der Waals surface area contributed by atoms with Gasteiger partial charge in [-0.05, 0) is 17.7 Å². The number of aliphatic imine (C=N–C) groups is 1. The van der Waals surface area contributed by atoms with Gasteiger partial charge in [0, 0.05) is 4.47 Å². The van der Waals surface area contributed by atoms with Crippen LogP contribution >= 0.6 is 15.9 Å². The van der Waals surface area contributed by atoms with Crippen molar-refractivity contribution in [3.63, 3.8) is 0 Å². The van der Waals surface area contributed by atoms with E-state index in [1.165, 1.54) is 6.08 Å². The molecule has 1 atom stereocenters. The maximum Gasteiger partial charge on any atom is 0.236 e. The molecule has 1 rings (SSSR count). The number of rotatable bonds is 2. The van der Waals surface area contributed by atoms with Crippen molar-refractivity contribution < 1.29 is 4.79 Å². The van der Waals surface area contributed by atoms with Gasteiger partial charge in [-0.25, -0.2) is 4.79 Å². The second-order valence-electron chi connectivity index (χ2n) is 2.30. The van der Waals surface area contributed by atoms with Crippen LogP contribution in [0.3, 0.4) is 0 Å². The van der Waals surface area contributed by atoms with Crippen molar-refractivity contribution in [2.45, 2.75) is 6.04 Å². The number of halogens is 1. The molecule has 1 aromatic carbocycles. The Hall–Kier alpha value is -1.43. The van der Waals surface area contributed by atoms with E-state index in [4.69, 9.17) is 5.26 Å². The molecule has 0 aliphatic rings. The van der Waals surface area contributed by atoms with Gasteiger partial charge in [-0.1, -0.05) is 28.1 Å². The molecule has 0 aliphatic heterocycles. The predicted octanol–water partition coefficient (Wildman–Crippen LogP) is 2.35. The van der Waals surface area contributed by atoms with Gasteiger partial charge >= 0.3 is 0 Å². The Morgan fingerprint density at radius 2 is 2.00 bits per heavy atom. The summed E-state index contributed by atoms with van der Waals surface area (Å²) in [6.45, 7) is 0. The summed E-state index contributed by atoms with van der Waals surface area (Å²) in [6.07, 6.45) is 1.37. The maximum atomic E-state index is 9.96. The maximum absolute atomic E-state index is 9.96. The van der Waals surface area contributed by atoms with E-state index in [0.717, 1.165) is 4.47 Å². The van der Waals surface area contributed by atoms with Crippen LogP contribution in [0.2, 0.25) is 0 Å². The lowest BCUT2D eigenvalue weighted by Crippen LogP contribution is -1.90. The Bertz CT molecular complexity index is 374. The molecule has 0 radical (unpaired) electrons.